The summed E-state index contributed by atoms with van der Waals surface area (Å²) in [6, 6.07) is 5.71. The van der Waals surface area contributed by atoms with Gasteiger partial charge in [0.25, 0.3) is 0 Å². The molecular weight excluding hydrogens is 406 g/mol. The van der Waals surface area contributed by atoms with E-state index in [9.17, 15) is 20.1 Å². The molecule has 4 aliphatic carbocycles. The Balaban J connectivity index is 1.47. The Kier molecular flexibility index (Phi) is 5.23. The van der Waals surface area contributed by atoms with E-state index in [4.69, 9.17) is 4.74 Å². The van der Waals surface area contributed by atoms with Crippen LogP contribution in [0.4, 0.5) is 0 Å². The number of nitrogens with zero attached hydrogens (tertiary/aromatic N) is 1. The highest BCUT2D eigenvalue weighted by Crippen LogP contribution is 2.69. The quantitative estimate of drug-likeness (QED) is 0.607. The lowest BCUT2D eigenvalue weighted by Gasteiger charge is -2.64. The van der Waals surface area contributed by atoms with Crippen LogP contribution in [-0.4, -0.2) is 44.6 Å². The molecule has 5 rings (SSSR count). The molecule has 4 aliphatic rings. The van der Waals surface area contributed by atoms with Gasteiger partial charge in [-0.1, -0.05) is 19.9 Å². The Morgan fingerprint density at radius 3 is 2.47 bits per heavy atom. The van der Waals surface area contributed by atoms with Crippen molar-refractivity contribution in [3.05, 3.63) is 30.1 Å². The Morgan fingerprint density at radius 1 is 1.03 bits per heavy atom. The summed E-state index contributed by atoms with van der Waals surface area (Å²) in [5.41, 5.74) is -0.784. The van der Waals surface area contributed by atoms with Gasteiger partial charge in [-0.25, -0.2) is 0 Å². The molecule has 6 nitrogen and oxygen atoms in total. The number of esters is 1. The molecule has 0 aromatic carbocycles. The molecule has 3 N–H and O–H groups in total. The van der Waals surface area contributed by atoms with Gasteiger partial charge in [0, 0.05) is 18.5 Å². The average molecular weight is 444 g/mol. The third-order valence-corrected chi connectivity index (χ3v) is 10.3. The molecule has 0 saturated heterocycles. The molecule has 1 unspecified atom stereocenters. The number of aliphatic hydroxyl groups is 3. The van der Waals surface area contributed by atoms with Crippen LogP contribution in [0.15, 0.2) is 24.4 Å². The number of hydrogen-bond acceptors (Lipinski definition) is 6. The van der Waals surface area contributed by atoms with Crippen molar-refractivity contribution in [1.82, 2.24) is 4.98 Å². The SMILES string of the molecule is CC(=O)O[C@H]1CC[C@@]2(C)[C@H](C1)[C@@H](O)[C@H](O)C1[C@@H]2CC[C@@]2(C)[C@H]1CC[C@@]2(O)c1ccccn1. The van der Waals surface area contributed by atoms with Crippen molar-refractivity contribution in [3.8, 4) is 0 Å². The van der Waals surface area contributed by atoms with Crippen LogP contribution < -0.4 is 0 Å². The van der Waals surface area contributed by atoms with Crippen molar-refractivity contribution >= 4 is 5.97 Å². The summed E-state index contributed by atoms with van der Waals surface area (Å²) < 4.78 is 5.49. The fourth-order valence-electron chi connectivity index (χ4n) is 8.61. The zero-order chi connectivity index (χ0) is 22.9. The normalized spacial score (nSPS) is 50.1. The fourth-order valence-corrected chi connectivity index (χ4v) is 8.61. The molecule has 1 aromatic rings. The summed E-state index contributed by atoms with van der Waals surface area (Å²) in [5, 5.41) is 34.7. The number of aromatic nitrogens is 1. The highest BCUT2D eigenvalue weighted by atomic mass is 16.5. The summed E-state index contributed by atoms with van der Waals surface area (Å²) in [4.78, 5) is 16.0. The van der Waals surface area contributed by atoms with Crippen LogP contribution in [0.2, 0.25) is 0 Å². The lowest BCUT2D eigenvalue weighted by molar-refractivity contribution is -0.235. The third-order valence-electron chi connectivity index (χ3n) is 10.3. The number of hydrogen-bond donors (Lipinski definition) is 3. The topological polar surface area (TPSA) is 99.9 Å². The first-order valence-electron chi connectivity index (χ1n) is 12.3. The summed E-state index contributed by atoms with van der Waals surface area (Å²) >= 11 is 0. The molecule has 4 fully saturated rings. The Labute approximate surface area is 190 Å². The van der Waals surface area contributed by atoms with Gasteiger partial charge in [-0.15, -0.1) is 0 Å². The second kappa shape index (κ2) is 7.51. The van der Waals surface area contributed by atoms with Crippen molar-refractivity contribution in [2.75, 3.05) is 0 Å². The lowest BCUT2D eigenvalue weighted by atomic mass is 9.43. The molecule has 1 aromatic heterocycles. The van der Waals surface area contributed by atoms with E-state index < -0.39 is 17.8 Å². The van der Waals surface area contributed by atoms with Gasteiger partial charge in [0.1, 0.15) is 11.7 Å². The van der Waals surface area contributed by atoms with E-state index in [2.05, 4.69) is 18.8 Å². The highest BCUT2D eigenvalue weighted by molar-refractivity contribution is 5.66. The zero-order valence-electron chi connectivity index (χ0n) is 19.4. The largest absolute Gasteiger partial charge is 0.463 e. The fraction of sp³-hybridized carbons (Fsp3) is 0.769. The molecule has 1 heterocycles. The molecule has 0 amide bonds. The van der Waals surface area contributed by atoms with Crippen LogP contribution >= 0.6 is 0 Å². The second-order valence-corrected chi connectivity index (χ2v) is 11.5. The Bertz CT molecular complexity index is 878. The first kappa shape index (κ1) is 22.3. The molecule has 32 heavy (non-hydrogen) atoms. The van der Waals surface area contributed by atoms with Crippen molar-refractivity contribution in [2.24, 2.45) is 34.5 Å². The van der Waals surface area contributed by atoms with E-state index >= 15 is 0 Å². The van der Waals surface area contributed by atoms with Crippen LogP contribution in [0.5, 0.6) is 0 Å². The van der Waals surface area contributed by atoms with Crippen molar-refractivity contribution in [3.63, 3.8) is 0 Å². The lowest BCUT2D eigenvalue weighted by Crippen LogP contribution is -2.65. The molecular formula is C26H37NO5. The summed E-state index contributed by atoms with van der Waals surface area (Å²) in [7, 11) is 0. The molecule has 176 valence electrons. The zero-order valence-corrected chi connectivity index (χ0v) is 19.4. The van der Waals surface area contributed by atoms with E-state index in [1.165, 1.54) is 6.92 Å². The minimum atomic E-state index is -1.01. The molecule has 0 bridgehead atoms. The van der Waals surface area contributed by atoms with Crippen LogP contribution in [0.1, 0.15) is 71.4 Å². The molecule has 6 heteroatoms. The number of ether oxygens (including phenoxy) is 1. The third kappa shape index (κ3) is 2.95. The maximum atomic E-state index is 11.9. The summed E-state index contributed by atoms with van der Waals surface area (Å²) in [6.45, 7) is 5.87. The van der Waals surface area contributed by atoms with E-state index in [1.54, 1.807) is 6.20 Å². The second-order valence-electron chi connectivity index (χ2n) is 11.5. The van der Waals surface area contributed by atoms with Crippen LogP contribution in [0.25, 0.3) is 0 Å². The minimum absolute atomic E-state index is 0.0481. The smallest absolute Gasteiger partial charge is 0.302 e. The monoisotopic (exact) mass is 443 g/mol. The summed E-state index contributed by atoms with van der Waals surface area (Å²) in [5.74, 6) is -0.00368. The van der Waals surface area contributed by atoms with Crippen LogP contribution in [-0.2, 0) is 15.1 Å². The Hall–Kier alpha value is -1.50. The van der Waals surface area contributed by atoms with E-state index in [-0.39, 0.29) is 46.6 Å². The van der Waals surface area contributed by atoms with Crippen LogP contribution in [0.3, 0.4) is 0 Å². The molecule has 4 saturated carbocycles. The summed E-state index contributed by atoms with van der Waals surface area (Å²) in [6.07, 6.45) is 5.43. The van der Waals surface area contributed by atoms with Gasteiger partial charge >= 0.3 is 5.97 Å². The number of fused-ring (bicyclic) bond motifs is 5. The van der Waals surface area contributed by atoms with Gasteiger partial charge in [-0.3, -0.25) is 9.78 Å². The van der Waals surface area contributed by atoms with Gasteiger partial charge in [-0.2, -0.15) is 0 Å². The molecule has 0 aliphatic heterocycles. The molecule has 0 spiro atoms. The van der Waals surface area contributed by atoms with Gasteiger partial charge in [0.2, 0.25) is 0 Å². The van der Waals surface area contributed by atoms with Gasteiger partial charge in [0.15, 0.2) is 0 Å². The van der Waals surface area contributed by atoms with Gasteiger partial charge < -0.3 is 20.1 Å². The average Bonchev–Trinajstić information content (AvgIpc) is 3.05. The number of aliphatic hydroxyl groups excluding tert-OH is 2. The standard InChI is InChI=1S/C26H37NO5/c1-15(28)32-16-7-10-24(2)17-8-11-25(3)18(21(17)23(30)22(29)19(24)14-16)9-12-26(25,31)20-6-4-5-13-27-20/h4-6,13,16-19,21-23,29-31H,7-12,14H2,1-3H3/t16-,17-,18-,19+,21?,22+,23+,24+,25-,26+/m0/s1. The number of carbonyl (C=O) groups is 1. The van der Waals surface area contributed by atoms with Crippen molar-refractivity contribution in [2.45, 2.75) is 89.6 Å². The minimum Gasteiger partial charge on any atom is -0.463 e. The highest BCUT2D eigenvalue weighted by Gasteiger charge is 2.68. The maximum absolute atomic E-state index is 11.9. The van der Waals surface area contributed by atoms with E-state index in [0.717, 1.165) is 37.8 Å². The number of pyridine rings is 1. The van der Waals surface area contributed by atoms with E-state index in [1.807, 2.05) is 18.2 Å². The molecule has 10 atom stereocenters. The van der Waals surface area contributed by atoms with Crippen molar-refractivity contribution < 1.29 is 24.9 Å². The van der Waals surface area contributed by atoms with Crippen molar-refractivity contribution in [1.29, 1.82) is 0 Å². The Morgan fingerprint density at radius 2 is 1.78 bits per heavy atom. The molecule has 0 radical (unpaired) electrons. The number of rotatable bonds is 2. The first-order chi connectivity index (χ1) is 15.1. The first-order valence-corrected chi connectivity index (χ1v) is 12.3. The predicted octanol–water partition coefficient (Wildman–Crippen LogP) is 3.19. The van der Waals surface area contributed by atoms with Gasteiger partial charge in [-0.05, 0) is 86.2 Å². The van der Waals surface area contributed by atoms with E-state index in [0.29, 0.717) is 12.8 Å². The van der Waals surface area contributed by atoms with Crippen LogP contribution in [0, 0.1) is 34.5 Å². The maximum Gasteiger partial charge on any atom is 0.302 e. The number of carbonyl (C=O) groups excluding carboxylic acids is 1. The predicted molar refractivity (Wildman–Crippen MR) is 118 cm³/mol. The van der Waals surface area contributed by atoms with Gasteiger partial charge in [0.05, 0.1) is 17.9 Å².